The number of nitrogens with one attached hydrogen (secondary N) is 2. The standard InChI is InChI=1S/C16H19F3N6/c1-8-5-12(8)25-7-11(13(24-25)9-3-4-9)22-15-21-6-10(16(17,18)19)14(20-2)23-15/h6-9,12H,3-5H2,1-2H3,(H2,20,21,22,23)/t8-,12?/m1/s1. The van der Waals surface area contributed by atoms with Crippen LogP contribution >= 0.6 is 0 Å². The van der Waals surface area contributed by atoms with Crippen LogP contribution in [0.25, 0.3) is 0 Å². The maximum absolute atomic E-state index is 13.0. The van der Waals surface area contributed by atoms with Crippen LogP contribution in [0.1, 0.15) is 49.4 Å². The number of nitrogens with zero attached hydrogens (tertiary/aromatic N) is 4. The van der Waals surface area contributed by atoms with Crippen molar-refractivity contribution in [3.63, 3.8) is 0 Å². The molecule has 0 bridgehead atoms. The second-order valence-corrected chi connectivity index (χ2v) is 6.79. The zero-order valence-electron chi connectivity index (χ0n) is 13.9. The summed E-state index contributed by atoms with van der Waals surface area (Å²) in [5.74, 6) is 0.901. The van der Waals surface area contributed by atoms with Crippen molar-refractivity contribution in [3.05, 3.63) is 23.7 Å². The Hall–Kier alpha value is -2.32. The molecule has 25 heavy (non-hydrogen) atoms. The van der Waals surface area contributed by atoms with Gasteiger partial charge in [-0.1, -0.05) is 6.92 Å². The molecule has 0 aromatic carbocycles. The van der Waals surface area contributed by atoms with Gasteiger partial charge < -0.3 is 10.6 Å². The van der Waals surface area contributed by atoms with Crippen molar-refractivity contribution in [2.45, 2.75) is 44.3 Å². The molecule has 0 spiro atoms. The molecule has 0 amide bonds. The van der Waals surface area contributed by atoms with Gasteiger partial charge in [-0.3, -0.25) is 4.68 Å². The number of anilines is 3. The number of halogens is 3. The van der Waals surface area contributed by atoms with E-state index in [4.69, 9.17) is 0 Å². The minimum absolute atomic E-state index is 0.127. The van der Waals surface area contributed by atoms with Gasteiger partial charge in [0.15, 0.2) is 0 Å². The van der Waals surface area contributed by atoms with Crippen molar-refractivity contribution in [2.75, 3.05) is 17.7 Å². The van der Waals surface area contributed by atoms with E-state index >= 15 is 0 Å². The van der Waals surface area contributed by atoms with Crippen molar-refractivity contribution < 1.29 is 13.2 Å². The fraction of sp³-hybridized carbons (Fsp3) is 0.562. The van der Waals surface area contributed by atoms with Crippen LogP contribution in [0.3, 0.4) is 0 Å². The van der Waals surface area contributed by atoms with Crippen molar-refractivity contribution >= 4 is 17.5 Å². The Labute approximate surface area is 142 Å². The molecule has 0 saturated heterocycles. The molecule has 0 radical (unpaired) electrons. The predicted octanol–water partition coefficient (Wildman–Crippen LogP) is 3.94. The highest BCUT2D eigenvalue weighted by atomic mass is 19.4. The number of alkyl halides is 3. The second-order valence-electron chi connectivity index (χ2n) is 6.79. The van der Waals surface area contributed by atoms with E-state index in [9.17, 15) is 13.2 Å². The lowest BCUT2D eigenvalue weighted by Crippen LogP contribution is -2.12. The monoisotopic (exact) mass is 352 g/mol. The summed E-state index contributed by atoms with van der Waals surface area (Å²) in [5.41, 5.74) is 0.850. The fourth-order valence-electron chi connectivity index (χ4n) is 2.96. The summed E-state index contributed by atoms with van der Waals surface area (Å²) in [6.45, 7) is 2.18. The number of rotatable bonds is 5. The summed E-state index contributed by atoms with van der Waals surface area (Å²) >= 11 is 0. The Morgan fingerprint density at radius 1 is 1.28 bits per heavy atom. The largest absolute Gasteiger partial charge is 0.421 e. The van der Waals surface area contributed by atoms with Crippen LogP contribution < -0.4 is 10.6 Å². The van der Waals surface area contributed by atoms with Gasteiger partial charge in [-0.2, -0.15) is 23.3 Å². The first-order valence-corrected chi connectivity index (χ1v) is 8.35. The Kier molecular flexibility index (Phi) is 3.62. The summed E-state index contributed by atoms with van der Waals surface area (Å²) in [6.07, 6.45) is 1.49. The maximum atomic E-state index is 13.0. The summed E-state index contributed by atoms with van der Waals surface area (Å²) in [4.78, 5) is 7.80. The van der Waals surface area contributed by atoms with Gasteiger partial charge in [-0.15, -0.1) is 0 Å². The molecule has 4 rings (SSSR count). The smallest absolute Gasteiger partial charge is 0.372 e. The van der Waals surface area contributed by atoms with Gasteiger partial charge in [0.1, 0.15) is 11.4 Å². The molecular formula is C16H19F3N6. The predicted molar refractivity (Wildman–Crippen MR) is 86.9 cm³/mol. The van der Waals surface area contributed by atoms with Gasteiger partial charge in [-0.05, 0) is 25.2 Å². The second kappa shape index (κ2) is 5.60. The zero-order valence-corrected chi connectivity index (χ0v) is 13.9. The van der Waals surface area contributed by atoms with Gasteiger partial charge in [0.2, 0.25) is 5.95 Å². The van der Waals surface area contributed by atoms with Crippen molar-refractivity contribution in [3.8, 4) is 0 Å². The van der Waals surface area contributed by atoms with E-state index in [0.29, 0.717) is 17.9 Å². The highest BCUT2D eigenvalue weighted by Gasteiger charge is 2.38. The molecule has 9 heteroatoms. The third-order valence-electron chi connectivity index (χ3n) is 4.71. The minimum Gasteiger partial charge on any atom is -0.372 e. The number of hydrogen-bond acceptors (Lipinski definition) is 5. The highest BCUT2D eigenvalue weighted by Crippen LogP contribution is 2.47. The van der Waals surface area contributed by atoms with E-state index in [2.05, 4.69) is 32.6 Å². The van der Waals surface area contributed by atoms with E-state index in [1.165, 1.54) is 7.05 Å². The van der Waals surface area contributed by atoms with Crippen LogP contribution in [0.5, 0.6) is 0 Å². The summed E-state index contributed by atoms with van der Waals surface area (Å²) in [6, 6.07) is 0.412. The van der Waals surface area contributed by atoms with Crippen LogP contribution in [0, 0.1) is 5.92 Å². The quantitative estimate of drug-likeness (QED) is 0.853. The van der Waals surface area contributed by atoms with Gasteiger partial charge in [0, 0.05) is 25.4 Å². The van der Waals surface area contributed by atoms with Crippen molar-refractivity contribution in [1.29, 1.82) is 0 Å². The third kappa shape index (κ3) is 3.14. The van der Waals surface area contributed by atoms with E-state index in [-0.39, 0.29) is 11.8 Å². The minimum atomic E-state index is -4.50. The molecular weight excluding hydrogens is 333 g/mol. The molecule has 2 aromatic heterocycles. The first-order valence-electron chi connectivity index (χ1n) is 8.35. The molecule has 2 N–H and O–H groups in total. The topological polar surface area (TPSA) is 67.7 Å². The number of hydrogen-bond donors (Lipinski definition) is 2. The van der Waals surface area contributed by atoms with Crippen LogP contribution in [-0.2, 0) is 6.18 Å². The normalized spacial score (nSPS) is 22.8. The van der Waals surface area contributed by atoms with Crippen molar-refractivity contribution in [1.82, 2.24) is 19.7 Å². The van der Waals surface area contributed by atoms with Gasteiger partial charge in [0.05, 0.1) is 17.4 Å². The average Bonchev–Trinajstić information content (AvgIpc) is 3.47. The van der Waals surface area contributed by atoms with E-state index in [1.807, 2.05) is 10.9 Å². The van der Waals surface area contributed by atoms with Crippen LogP contribution in [-0.4, -0.2) is 26.8 Å². The zero-order chi connectivity index (χ0) is 17.8. The lowest BCUT2D eigenvalue weighted by atomic mass is 10.2. The summed E-state index contributed by atoms with van der Waals surface area (Å²) in [7, 11) is 1.41. The number of aromatic nitrogens is 4. The van der Waals surface area contributed by atoms with Crippen LogP contribution in [0.2, 0.25) is 0 Å². The Balaban J connectivity index is 1.63. The molecule has 1 unspecified atom stereocenters. The molecule has 0 aliphatic heterocycles. The molecule has 2 fully saturated rings. The average molecular weight is 352 g/mol. The SMILES string of the molecule is CNc1nc(Nc2cn(C3C[C@H]3C)nc2C2CC2)ncc1C(F)(F)F. The van der Waals surface area contributed by atoms with Crippen LogP contribution in [0.4, 0.5) is 30.6 Å². The fourth-order valence-corrected chi connectivity index (χ4v) is 2.96. The summed E-state index contributed by atoms with van der Waals surface area (Å²) in [5, 5.41) is 10.2. The third-order valence-corrected chi connectivity index (χ3v) is 4.71. The highest BCUT2D eigenvalue weighted by molar-refractivity contribution is 5.59. The molecule has 2 aliphatic rings. The molecule has 2 heterocycles. The lowest BCUT2D eigenvalue weighted by molar-refractivity contribution is -0.137. The van der Waals surface area contributed by atoms with Gasteiger partial charge in [-0.25, -0.2) is 4.98 Å². The molecule has 2 aromatic rings. The Morgan fingerprint density at radius 2 is 2.00 bits per heavy atom. The Bertz CT molecular complexity index is 796. The van der Waals surface area contributed by atoms with Crippen molar-refractivity contribution in [2.24, 2.45) is 5.92 Å². The van der Waals surface area contributed by atoms with E-state index < -0.39 is 11.7 Å². The summed E-state index contributed by atoms with van der Waals surface area (Å²) < 4.78 is 40.8. The molecule has 134 valence electrons. The van der Waals surface area contributed by atoms with Gasteiger partial charge >= 0.3 is 6.18 Å². The van der Waals surface area contributed by atoms with E-state index in [0.717, 1.165) is 36.8 Å². The molecule has 2 saturated carbocycles. The first-order chi connectivity index (χ1) is 11.9. The maximum Gasteiger partial charge on any atom is 0.421 e. The van der Waals surface area contributed by atoms with E-state index in [1.54, 1.807) is 0 Å². The Morgan fingerprint density at radius 3 is 2.56 bits per heavy atom. The lowest BCUT2D eigenvalue weighted by Gasteiger charge is -2.12. The van der Waals surface area contributed by atoms with Crippen LogP contribution in [0.15, 0.2) is 12.4 Å². The first kappa shape index (κ1) is 16.2. The molecule has 2 aliphatic carbocycles. The molecule has 6 nitrogen and oxygen atoms in total. The van der Waals surface area contributed by atoms with Gasteiger partial charge in [0.25, 0.3) is 0 Å². The molecule has 2 atom stereocenters.